The van der Waals surface area contributed by atoms with Gasteiger partial charge in [0.05, 0.1) is 24.8 Å². The standard InChI is InChI=1S/C17H18ClN3O3/c1-20-9-11(8-19-20)6-13-7-16(23)21(17(13)24)10-15(22)12-2-4-14(18)5-3-12/h2-5,8-9,13,15,22H,6-7,10H2,1H3/t13?,15-/m0/s1. The average Bonchev–Trinajstić information content (AvgIpc) is 3.06. The van der Waals surface area contributed by atoms with E-state index in [1.165, 1.54) is 0 Å². The smallest absolute Gasteiger partial charge is 0.233 e. The summed E-state index contributed by atoms with van der Waals surface area (Å²) in [6.07, 6.45) is 3.26. The van der Waals surface area contributed by atoms with Gasteiger partial charge in [0.25, 0.3) is 0 Å². The first-order valence-corrected chi connectivity index (χ1v) is 8.07. The Labute approximate surface area is 144 Å². The first-order chi connectivity index (χ1) is 11.4. The number of halogens is 1. The molecule has 2 heterocycles. The zero-order chi connectivity index (χ0) is 17.3. The van der Waals surface area contributed by atoms with Crippen molar-refractivity contribution in [3.63, 3.8) is 0 Å². The van der Waals surface area contributed by atoms with Crippen LogP contribution in [0.1, 0.15) is 23.7 Å². The molecule has 1 fully saturated rings. The van der Waals surface area contributed by atoms with E-state index in [9.17, 15) is 14.7 Å². The number of nitrogens with zero attached hydrogens (tertiary/aromatic N) is 3. The summed E-state index contributed by atoms with van der Waals surface area (Å²) >= 11 is 5.82. The van der Waals surface area contributed by atoms with Crippen LogP contribution in [-0.2, 0) is 23.1 Å². The maximum atomic E-state index is 12.5. The number of likely N-dealkylation sites (tertiary alicyclic amines) is 1. The van der Waals surface area contributed by atoms with E-state index >= 15 is 0 Å². The van der Waals surface area contributed by atoms with E-state index in [1.54, 1.807) is 42.2 Å². The highest BCUT2D eigenvalue weighted by Crippen LogP contribution is 2.26. The van der Waals surface area contributed by atoms with Crippen molar-refractivity contribution in [2.75, 3.05) is 6.54 Å². The van der Waals surface area contributed by atoms with Crippen molar-refractivity contribution in [2.45, 2.75) is 18.9 Å². The lowest BCUT2D eigenvalue weighted by Gasteiger charge is -2.19. The fraction of sp³-hybridized carbons (Fsp3) is 0.353. The predicted octanol–water partition coefficient (Wildman–Crippen LogP) is 1.72. The molecular weight excluding hydrogens is 330 g/mol. The number of hydrogen-bond acceptors (Lipinski definition) is 4. The van der Waals surface area contributed by atoms with Crippen LogP contribution in [0.2, 0.25) is 5.02 Å². The number of benzene rings is 1. The molecule has 0 bridgehead atoms. The van der Waals surface area contributed by atoms with Gasteiger partial charge in [-0.1, -0.05) is 23.7 Å². The number of aryl methyl sites for hydroxylation is 1. The van der Waals surface area contributed by atoms with Crippen molar-refractivity contribution in [1.82, 2.24) is 14.7 Å². The summed E-state index contributed by atoms with van der Waals surface area (Å²) in [5.74, 6) is -0.877. The van der Waals surface area contributed by atoms with Crippen LogP contribution in [0.4, 0.5) is 0 Å². The highest BCUT2D eigenvalue weighted by Gasteiger charge is 2.39. The van der Waals surface area contributed by atoms with Gasteiger partial charge in [-0.2, -0.15) is 5.10 Å². The molecule has 0 aliphatic carbocycles. The SMILES string of the molecule is Cn1cc(CC2CC(=O)N(C[C@H](O)c3ccc(Cl)cc3)C2=O)cn1. The van der Waals surface area contributed by atoms with Gasteiger partial charge in [-0.15, -0.1) is 0 Å². The monoisotopic (exact) mass is 347 g/mol. The average molecular weight is 348 g/mol. The number of imide groups is 1. The highest BCUT2D eigenvalue weighted by atomic mass is 35.5. The first-order valence-electron chi connectivity index (χ1n) is 7.69. The molecular formula is C17H18ClN3O3. The van der Waals surface area contributed by atoms with Crippen molar-refractivity contribution < 1.29 is 14.7 Å². The van der Waals surface area contributed by atoms with E-state index in [0.29, 0.717) is 17.0 Å². The minimum atomic E-state index is -0.924. The van der Waals surface area contributed by atoms with Crippen LogP contribution >= 0.6 is 11.6 Å². The molecule has 1 saturated heterocycles. The number of rotatable bonds is 5. The fourth-order valence-electron chi connectivity index (χ4n) is 2.93. The van der Waals surface area contributed by atoms with Crippen molar-refractivity contribution in [2.24, 2.45) is 13.0 Å². The Balaban J connectivity index is 1.66. The number of hydrogen-bond donors (Lipinski definition) is 1. The lowest BCUT2D eigenvalue weighted by atomic mass is 10.0. The quantitative estimate of drug-likeness (QED) is 0.836. The molecule has 1 unspecified atom stereocenters. The molecule has 0 saturated carbocycles. The Kier molecular flexibility index (Phi) is 4.69. The predicted molar refractivity (Wildman–Crippen MR) is 88.2 cm³/mol. The van der Waals surface area contributed by atoms with Gasteiger partial charge in [-0.05, 0) is 29.7 Å². The van der Waals surface area contributed by atoms with Crippen LogP contribution < -0.4 is 0 Å². The lowest BCUT2D eigenvalue weighted by Crippen LogP contribution is -2.34. The van der Waals surface area contributed by atoms with Crippen LogP contribution in [0.5, 0.6) is 0 Å². The Hall–Kier alpha value is -2.18. The van der Waals surface area contributed by atoms with Gasteiger partial charge in [-0.25, -0.2) is 0 Å². The third kappa shape index (κ3) is 3.49. The van der Waals surface area contributed by atoms with Crippen LogP contribution in [0.15, 0.2) is 36.7 Å². The molecule has 24 heavy (non-hydrogen) atoms. The van der Waals surface area contributed by atoms with Gasteiger partial charge in [0.2, 0.25) is 11.8 Å². The molecule has 1 aromatic carbocycles. The summed E-state index contributed by atoms with van der Waals surface area (Å²) in [5, 5.41) is 14.9. The second-order valence-corrected chi connectivity index (χ2v) is 6.47. The van der Waals surface area contributed by atoms with E-state index in [1.807, 2.05) is 6.20 Å². The fourth-order valence-corrected chi connectivity index (χ4v) is 3.05. The van der Waals surface area contributed by atoms with Crippen LogP contribution in [0.25, 0.3) is 0 Å². The van der Waals surface area contributed by atoms with Gasteiger partial charge in [0.1, 0.15) is 0 Å². The minimum absolute atomic E-state index is 0.0389. The van der Waals surface area contributed by atoms with E-state index < -0.39 is 6.10 Å². The molecule has 7 heteroatoms. The molecule has 1 aliphatic rings. The molecule has 6 nitrogen and oxygen atoms in total. The van der Waals surface area contributed by atoms with Crippen LogP contribution in [-0.4, -0.2) is 38.1 Å². The second kappa shape index (κ2) is 6.75. The van der Waals surface area contributed by atoms with Crippen molar-refractivity contribution in [3.05, 3.63) is 52.8 Å². The molecule has 0 radical (unpaired) electrons. The topological polar surface area (TPSA) is 75.4 Å². The summed E-state index contributed by atoms with van der Waals surface area (Å²) < 4.78 is 1.67. The molecule has 2 amide bonds. The zero-order valence-corrected chi connectivity index (χ0v) is 14.0. The summed E-state index contributed by atoms with van der Waals surface area (Å²) in [6.45, 7) is -0.0389. The molecule has 3 rings (SSSR count). The first kappa shape index (κ1) is 16.7. The number of aromatic nitrogens is 2. The number of β-amino-alcohol motifs (C(OH)–C–C–N with tert-alkyl or cyclic N) is 1. The van der Waals surface area contributed by atoms with Crippen LogP contribution in [0.3, 0.4) is 0 Å². The highest BCUT2D eigenvalue weighted by molar-refractivity contribution is 6.30. The van der Waals surface area contributed by atoms with E-state index in [-0.39, 0.29) is 30.7 Å². The van der Waals surface area contributed by atoms with Crippen molar-refractivity contribution in [3.8, 4) is 0 Å². The van der Waals surface area contributed by atoms with Crippen molar-refractivity contribution >= 4 is 23.4 Å². The van der Waals surface area contributed by atoms with Gasteiger partial charge in [-0.3, -0.25) is 19.2 Å². The maximum absolute atomic E-state index is 12.5. The number of aliphatic hydroxyl groups is 1. The van der Waals surface area contributed by atoms with Gasteiger partial charge >= 0.3 is 0 Å². The van der Waals surface area contributed by atoms with Gasteiger partial charge < -0.3 is 5.11 Å². The number of carbonyl (C=O) groups is 2. The molecule has 1 aliphatic heterocycles. The minimum Gasteiger partial charge on any atom is -0.387 e. The summed E-state index contributed by atoms with van der Waals surface area (Å²) in [5.41, 5.74) is 1.54. The summed E-state index contributed by atoms with van der Waals surface area (Å²) in [6, 6.07) is 6.70. The molecule has 1 N–H and O–H groups in total. The van der Waals surface area contributed by atoms with Gasteiger partial charge in [0, 0.05) is 24.7 Å². The van der Waals surface area contributed by atoms with Gasteiger partial charge in [0.15, 0.2) is 0 Å². The Bertz CT molecular complexity index is 757. The zero-order valence-electron chi connectivity index (χ0n) is 13.2. The molecule has 1 aromatic heterocycles. The summed E-state index contributed by atoms with van der Waals surface area (Å²) in [4.78, 5) is 25.8. The number of carbonyl (C=O) groups excluding carboxylic acids is 2. The Morgan fingerprint density at radius 2 is 2.04 bits per heavy atom. The van der Waals surface area contributed by atoms with E-state index in [2.05, 4.69) is 5.10 Å². The Morgan fingerprint density at radius 3 is 2.67 bits per heavy atom. The lowest BCUT2D eigenvalue weighted by molar-refractivity contribution is -0.141. The second-order valence-electron chi connectivity index (χ2n) is 6.04. The van der Waals surface area contributed by atoms with Crippen molar-refractivity contribution in [1.29, 1.82) is 0 Å². The van der Waals surface area contributed by atoms with E-state index in [0.717, 1.165) is 10.5 Å². The molecule has 126 valence electrons. The molecule has 0 spiro atoms. The Morgan fingerprint density at radius 1 is 1.33 bits per heavy atom. The largest absolute Gasteiger partial charge is 0.387 e. The molecule has 2 aromatic rings. The number of aliphatic hydroxyl groups excluding tert-OH is 1. The number of amides is 2. The van der Waals surface area contributed by atoms with E-state index in [4.69, 9.17) is 11.6 Å². The third-order valence-corrected chi connectivity index (χ3v) is 4.44. The normalized spacial score (nSPS) is 19.1. The van der Waals surface area contributed by atoms with Crippen LogP contribution in [0, 0.1) is 5.92 Å². The third-order valence-electron chi connectivity index (χ3n) is 4.19. The molecule has 2 atom stereocenters. The summed E-state index contributed by atoms with van der Waals surface area (Å²) in [7, 11) is 1.81. The maximum Gasteiger partial charge on any atom is 0.233 e.